The maximum Gasteiger partial charge on any atom is 0.271 e. The number of nitrogens with one attached hydrogen (secondary N) is 4. The smallest absolute Gasteiger partial charge is 0.271 e. The number of rotatable bonds is 11. The molecular formula is C55H53N15O10S6. The first kappa shape index (κ1) is 59.6. The number of carbonyl (C=O) groups is 7. The zero-order valence-corrected chi connectivity index (χ0v) is 51.0. The van der Waals surface area contributed by atoms with Crippen molar-refractivity contribution in [2.75, 3.05) is 26.8 Å². The number of aliphatic hydroxyl groups is 1. The third-order valence-electron chi connectivity index (χ3n) is 14.0. The molecule has 6 atom stereocenters. The van der Waals surface area contributed by atoms with E-state index in [1.54, 1.807) is 70.9 Å². The van der Waals surface area contributed by atoms with Gasteiger partial charge in [0.2, 0.25) is 23.6 Å². The third kappa shape index (κ3) is 12.6. The first-order chi connectivity index (χ1) is 41.4. The fraction of sp³-hybridized carbons (Fsp3) is 0.327. The van der Waals surface area contributed by atoms with Crippen LogP contribution in [0, 0.1) is 12.8 Å². The van der Waals surface area contributed by atoms with Crippen LogP contribution in [0.1, 0.15) is 125 Å². The van der Waals surface area contributed by atoms with Gasteiger partial charge in [-0.1, -0.05) is 44.2 Å². The van der Waals surface area contributed by atoms with Gasteiger partial charge in [0.15, 0.2) is 6.04 Å². The van der Waals surface area contributed by atoms with Crippen LogP contribution in [-0.2, 0) is 35.3 Å². The summed E-state index contributed by atoms with van der Waals surface area (Å²) >= 11 is 7.11. The van der Waals surface area contributed by atoms with Crippen LogP contribution in [0.5, 0.6) is 0 Å². The van der Waals surface area contributed by atoms with Crippen molar-refractivity contribution < 1.29 is 48.1 Å². The number of benzene rings is 1. The molecule has 8 aromatic rings. The van der Waals surface area contributed by atoms with Gasteiger partial charge in [-0.05, 0) is 43.4 Å². The van der Waals surface area contributed by atoms with Gasteiger partial charge in [-0.3, -0.25) is 33.6 Å². The number of aliphatic imine (C=N–C) groups is 1. The molecule has 1 fully saturated rings. The van der Waals surface area contributed by atoms with Gasteiger partial charge in [0.25, 0.3) is 23.6 Å². The van der Waals surface area contributed by atoms with Crippen molar-refractivity contribution >= 4 is 115 Å². The van der Waals surface area contributed by atoms with Crippen molar-refractivity contribution in [3.05, 3.63) is 117 Å². The molecule has 7 amide bonds. The highest BCUT2D eigenvalue weighted by Gasteiger charge is 2.39. The van der Waals surface area contributed by atoms with E-state index in [1.807, 2.05) is 13.8 Å². The Bertz CT molecular complexity index is 3960. The zero-order valence-electron chi connectivity index (χ0n) is 46.1. The molecule has 1 aromatic carbocycles. The highest BCUT2D eigenvalue weighted by Crippen LogP contribution is 2.40. The van der Waals surface area contributed by atoms with E-state index in [0.717, 1.165) is 34.0 Å². The van der Waals surface area contributed by atoms with Gasteiger partial charge in [-0.25, -0.2) is 39.9 Å². The number of ether oxygens (including phenoxy) is 2. The fourth-order valence-electron chi connectivity index (χ4n) is 9.75. The summed E-state index contributed by atoms with van der Waals surface area (Å²) in [6, 6.07) is 7.79. The van der Waals surface area contributed by atoms with Gasteiger partial charge in [0, 0.05) is 45.6 Å². The van der Waals surface area contributed by atoms with Crippen LogP contribution >= 0.6 is 68.0 Å². The number of likely N-dealkylation sites (tertiary alicyclic amines) is 1. The molecule has 1 saturated heterocycles. The molecule has 9 N–H and O–H groups in total. The number of aryl methyl sites for hydroxylation is 1. The molecule has 0 unspecified atom stereocenters. The molecule has 25 nitrogen and oxygen atoms in total. The minimum atomic E-state index is -1.29. The van der Waals surface area contributed by atoms with Crippen LogP contribution < -0.4 is 32.7 Å². The summed E-state index contributed by atoms with van der Waals surface area (Å²) in [5.41, 5.74) is 14.3. The Balaban J connectivity index is 0.966. The number of amides is 7. The van der Waals surface area contributed by atoms with Crippen LogP contribution in [0.2, 0.25) is 0 Å². The van der Waals surface area contributed by atoms with Crippen molar-refractivity contribution in [1.29, 1.82) is 0 Å². The number of aliphatic hydroxyl groups excluding tert-OH is 1. The average molecular weight is 1280 g/mol. The predicted molar refractivity (Wildman–Crippen MR) is 322 cm³/mol. The van der Waals surface area contributed by atoms with Crippen molar-refractivity contribution in [2.45, 2.75) is 83.0 Å². The van der Waals surface area contributed by atoms with E-state index in [0.29, 0.717) is 93.8 Å². The number of pyridine rings is 1. The van der Waals surface area contributed by atoms with Crippen LogP contribution in [0.25, 0.3) is 43.4 Å². The number of nitrogens with two attached hydrogens (primary N) is 2. The maximum absolute atomic E-state index is 14.2. The molecule has 0 radical (unpaired) electrons. The van der Waals surface area contributed by atoms with Gasteiger partial charge in [0.05, 0.1) is 42.2 Å². The summed E-state index contributed by atoms with van der Waals surface area (Å²) in [7, 11) is 1.46. The largest absolute Gasteiger partial charge is 0.473 e. The number of nitrogens with zero attached hydrogens (tertiary/aromatic N) is 9. The Hall–Kier alpha value is -8.17. The molecule has 31 heteroatoms. The second kappa shape index (κ2) is 25.4. The van der Waals surface area contributed by atoms with E-state index >= 15 is 0 Å². The Morgan fingerprint density at radius 1 is 0.733 bits per heavy atom. The number of methoxy groups -OCH3 is 1. The Morgan fingerprint density at radius 3 is 2.20 bits per heavy atom. The lowest BCUT2D eigenvalue weighted by Gasteiger charge is -2.23. The van der Waals surface area contributed by atoms with Crippen molar-refractivity contribution in [3.8, 4) is 43.4 Å². The number of primary amides is 2. The zero-order chi connectivity index (χ0) is 60.5. The number of aromatic nitrogens is 7. The minimum absolute atomic E-state index is 0.00399. The van der Waals surface area contributed by atoms with E-state index in [4.69, 9.17) is 45.9 Å². The Morgan fingerprint density at radius 2 is 1.44 bits per heavy atom. The molecule has 86 heavy (non-hydrogen) atoms. The Kier molecular flexibility index (Phi) is 17.6. The second-order valence-corrected chi connectivity index (χ2v) is 26.1. The molecule has 11 rings (SSSR count). The first-order valence-corrected chi connectivity index (χ1v) is 31.9. The predicted octanol–water partition coefficient (Wildman–Crippen LogP) is 5.67. The van der Waals surface area contributed by atoms with Gasteiger partial charge in [-0.15, -0.1) is 68.0 Å². The number of carbonyl (C=O) groups excluding carboxylic acids is 7. The van der Waals surface area contributed by atoms with Gasteiger partial charge >= 0.3 is 0 Å². The summed E-state index contributed by atoms with van der Waals surface area (Å²) in [6.45, 7) is 5.25. The highest BCUT2D eigenvalue weighted by atomic mass is 32.1. The van der Waals surface area contributed by atoms with E-state index in [1.165, 1.54) is 46.0 Å². The Labute approximate surface area is 513 Å². The van der Waals surface area contributed by atoms with Crippen LogP contribution in [0.4, 0.5) is 0 Å². The SMILES string of the molecule is COCc1sc2nc1C(=O)NCC(=O)N[C@@H]([C@H](O)c1ccccc1)c1nc(cs1)-c1nc(cs1)-c1nc(-c3nc(C4=N[C@@H](C(=O)N5CCC[C@H]5C(N)=O)CO4)cs3)ccc1-c1nc(cs1)C(=O)N[C@H](CC(N)=O)c1nc(c(C)s1)C(=O)N[C@@H]2C(C)C. The number of hydrogen-bond donors (Lipinski definition) is 7. The third-order valence-corrected chi connectivity index (χ3v) is 19.7. The van der Waals surface area contributed by atoms with E-state index in [2.05, 4.69) is 36.2 Å². The lowest BCUT2D eigenvalue weighted by Crippen LogP contribution is -2.47. The van der Waals surface area contributed by atoms with E-state index in [-0.39, 0.29) is 59.4 Å². The molecule has 3 aliphatic rings. The molecule has 10 heterocycles. The van der Waals surface area contributed by atoms with Crippen LogP contribution in [-0.4, -0.2) is 131 Å². The average Bonchev–Trinajstić information content (AvgIpc) is 2.71. The normalized spacial score (nSPS) is 19.7. The summed E-state index contributed by atoms with van der Waals surface area (Å²) in [6.07, 6.45) is -0.515. The summed E-state index contributed by atoms with van der Waals surface area (Å²) in [4.78, 5) is 135. The summed E-state index contributed by atoms with van der Waals surface area (Å²) in [5, 5.41) is 32.4. The van der Waals surface area contributed by atoms with Crippen molar-refractivity contribution in [3.63, 3.8) is 0 Å². The van der Waals surface area contributed by atoms with Crippen molar-refractivity contribution in [1.82, 2.24) is 61.1 Å². The first-order valence-electron chi connectivity index (χ1n) is 26.7. The second-order valence-electron chi connectivity index (χ2n) is 20.3. The van der Waals surface area contributed by atoms with Crippen LogP contribution in [0.15, 0.2) is 69.0 Å². The molecular weight excluding hydrogens is 1220 g/mol. The standard InChI is InChI=1S/C55H53N15O10S6/c1-23(2)38-54-69-41(35(86-54)18-79-4)46(76)58-16-37(72)66-42(43(73)25-9-6-5-7-10-25)53-65-33(22-84-53)51-62-30(19-82-51)40-26(49-63-31(20-81-49)45(75)60-28(15-36(56)71)52-68-39(24(3)85-52)47(77)67-38)12-13-27(59-40)50-64-32(21-83-50)48-61-29(17-80-48)55(78)70-14-8-11-34(70)44(57)74/h5-7,9-10,12-13,19-23,28-29,34,38,42-43,73H,8,11,14-18H2,1-4H3,(H2,56,71)(H2,57,74)(H,58,76)(H,60,75)(H,66,72)(H,67,77)/t28-,29-,34+,38-,42+,43-/m1/s1. The molecule has 444 valence electrons. The monoisotopic (exact) mass is 1280 g/mol. The topological polar surface area (TPSA) is 364 Å². The molecule has 10 bridgehead atoms. The summed E-state index contributed by atoms with van der Waals surface area (Å²) in [5.74, 6) is -4.33. The van der Waals surface area contributed by atoms with Crippen LogP contribution in [0.3, 0.4) is 0 Å². The van der Waals surface area contributed by atoms with Gasteiger partial charge in [-0.2, -0.15) is 0 Å². The number of hydrogen-bond acceptors (Lipinski definition) is 24. The van der Waals surface area contributed by atoms with Crippen molar-refractivity contribution in [2.24, 2.45) is 22.4 Å². The maximum atomic E-state index is 14.2. The molecule has 0 spiro atoms. The molecule has 3 aliphatic heterocycles. The summed E-state index contributed by atoms with van der Waals surface area (Å²) < 4.78 is 11.3. The van der Waals surface area contributed by atoms with Gasteiger partial charge in [0.1, 0.15) is 94.7 Å². The molecule has 0 aliphatic carbocycles. The molecule has 7 aromatic heterocycles. The van der Waals surface area contributed by atoms with Gasteiger partial charge < -0.3 is 52.2 Å². The quantitative estimate of drug-likeness (QED) is 0.0819. The highest BCUT2D eigenvalue weighted by molar-refractivity contribution is 7.15. The fourth-order valence-corrected chi connectivity index (χ4v) is 15.3. The lowest BCUT2D eigenvalue weighted by molar-refractivity contribution is -0.138. The number of fused-ring (bicyclic) bond motifs is 14. The van der Waals surface area contributed by atoms with E-state index < -0.39 is 78.3 Å². The molecule has 0 saturated carbocycles. The lowest BCUT2D eigenvalue weighted by atomic mass is 10.0. The number of thiazole rings is 6. The van der Waals surface area contributed by atoms with E-state index in [9.17, 15) is 38.7 Å². The minimum Gasteiger partial charge on any atom is -0.473 e.